The van der Waals surface area contributed by atoms with Crippen LogP contribution < -0.4 is 14.8 Å². The van der Waals surface area contributed by atoms with E-state index in [1.165, 1.54) is 28.8 Å². The van der Waals surface area contributed by atoms with Crippen LogP contribution in [0, 0.1) is 6.92 Å². The van der Waals surface area contributed by atoms with Gasteiger partial charge in [0.1, 0.15) is 24.7 Å². The second kappa shape index (κ2) is 6.36. The molecule has 0 unspecified atom stereocenters. The van der Waals surface area contributed by atoms with Crippen LogP contribution in [0.2, 0.25) is 0 Å². The van der Waals surface area contributed by atoms with Crippen molar-refractivity contribution in [3.05, 3.63) is 40.8 Å². The number of nitrogens with zero attached hydrogens (tertiary/aromatic N) is 2. The first-order valence-electron chi connectivity index (χ1n) is 9.11. The number of anilines is 1. The van der Waals surface area contributed by atoms with Crippen molar-refractivity contribution in [2.45, 2.75) is 26.2 Å². The van der Waals surface area contributed by atoms with Crippen molar-refractivity contribution in [2.24, 2.45) is 0 Å². The zero-order valence-electron chi connectivity index (χ0n) is 14.7. The Kier molecular flexibility index (Phi) is 3.85. The first-order valence-corrected chi connectivity index (χ1v) is 9.99. The number of nitrogens with one attached hydrogen (secondary N) is 1. The van der Waals surface area contributed by atoms with Gasteiger partial charge in [-0.15, -0.1) is 11.3 Å². The van der Waals surface area contributed by atoms with Gasteiger partial charge in [-0.05, 0) is 55.3 Å². The maximum absolute atomic E-state index is 5.76. The van der Waals surface area contributed by atoms with Crippen molar-refractivity contribution in [1.82, 2.24) is 9.78 Å². The molecule has 0 amide bonds. The summed E-state index contributed by atoms with van der Waals surface area (Å²) >= 11 is 1.77. The van der Waals surface area contributed by atoms with E-state index in [1.807, 2.05) is 16.8 Å². The molecule has 2 aromatic heterocycles. The summed E-state index contributed by atoms with van der Waals surface area (Å²) in [7, 11) is 0. The molecule has 0 bridgehead atoms. The lowest BCUT2D eigenvalue weighted by Crippen LogP contribution is -2.15. The van der Waals surface area contributed by atoms with Gasteiger partial charge < -0.3 is 14.8 Å². The highest BCUT2D eigenvalue weighted by Gasteiger charge is 2.23. The van der Waals surface area contributed by atoms with E-state index in [0.29, 0.717) is 13.2 Å². The average Bonchev–Trinajstić information content (AvgIpc) is 3.16. The summed E-state index contributed by atoms with van der Waals surface area (Å²) in [5.41, 5.74) is 4.70. The monoisotopic (exact) mass is 367 g/mol. The van der Waals surface area contributed by atoms with Gasteiger partial charge in [-0.2, -0.15) is 5.10 Å². The van der Waals surface area contributed by atoms with E-state index in [1.54, 1.807) is 11.3 Å². The van der Waals surface area contributed by atoms with Crippen molar-refractivity contribution in [1.29, 1.82) is 0 Å². The van der Waals surface area contributed by atoms with Crippen molar-refractivity contribution in [2.75, 3.05) is 25.1 Å². The summed E-state index contributed by atoms with van der Waals surface area (Å²) in [5.74, 6) is 2.71. The lowest BCUT2D eigenvalue weighted by molar-refractivity contribution is 0.171. The van der Waals surface area contributed by atoms with E-state index in [2.05, 4.69) is 29.8 Å². The largest absolute Gasteiger partial charge is 0.486 e. The van der Waals surface area contributed by atoms with Gasteiger partial charge in [0.25, 0.3) is 0 Å². The molecule has 6 heteroatoms. The van der Waals surface area contributed by atoms with E-state index in [9.17, 15) is 0 Å². The van der Waals surface area contributed by atoms with Gasteiger partial charge in [-0.3, -0.25) is 0 Å². The van der Waals surface area contributed by atoms with Gasteiger partial charge in [0.05, 0.1) is 10.6 Å². The molecule has 0 saturated carbocycles. The summed E-state index contributed by atoms with van der Waals surface area (Å²) in [5, 5.41) is 10.8. The van der Waals surface area contributed by atoms with Crippen molar-refractivity contribution < 1.29 is 9.47 Å². The van der Waals surface area contributed by atoms with E-state index >= 15 is 0 Å². The number of fused-ring (bicyclic) bond motifs is 2. The summed E-state index contributed by atoms with van der Waals surface area (Å²) in [6, 6.07) is 8.28. The van der Waals surface area contributed by atoms with Crippen molar-refractivity contribution >= 4 is 17.2 Å². The fourth-order valence-electron chi connectivity index (χ4n) is 3.61. The first-order chi connectivity index (χ1) is 12.8. The number of thiophene rings is 1. The van der Waals surface area contributed by atoms with E-state index < -0.39 is 0 Å². The molecule has 0 fully saturated rings. The number of ether oxygens (including phenoxy) is 2. The zero-order chi connectivity index (χ0) is 17.5. The van der Waals surface area contributed by atoms with Crippen LogP contribution in [0.15, 0.2) is 29.6 Å². The predicted molar refractivity (Wildman–Crippen MR) is 104 cm³/mol. The highest BCUT2D eigenvalue weighted by molar-refractivity contribution is 7.13. The molecular formula is C20H21N3O2S. The van der Waals surface area contributed by atoms with Crippen LogP contribution >= 0.6 is 11.3 Å². The van der Waals surface area contributed by atoms with E-state index in [-0.39, 0.29) is 0 Å². The Bertz CT molecular complexity index is 960. The highest BCUT2D eigenvalue weighted by Crippen LogP contribution is 2.38. The molecule has 1 aromatic carbocycles. The standard InChI is InChI=1S/C20H21N3O2S/c1-13-10-18(26-12-13)19-15-4-2-3-7-21-20(15)23(22-19)14-5-6-16-17(11-14)25-9-8-24-16/h5-6,10-12,21H,2-4,7-9H2,1H3. The summed E-state index contributed by atoms with van der Waals surface area (Å²) in [6.07, 6.45) is 3.42. The van der Waals surface area contributed by atoms with Crippen molar-refractivity contribution in [3.63, 3.8) is 0 Å². The minimum atomic E-state index is 0.589. The Morgan fingerprint density at radius 1 is 1.12 bits per heavy atom. The molecule has 2 aliphatic heterocycles. The van der Waals surface area contributed by atoms with Crippen LogP contribution in [0.5, 0.6) is 11.5 Å². The number of aromatic nitrogens is 2. The van der Waals surface area contributed by atoms with Gasteiger partial charge in [-0.1, -0.05) is 0 Å². The molecule has 3 aromatic rings. The Morgan fingerprint density at radius 3 is 2.85 bits per heavy atom. The fraction of sp³-hybridized carbons (Fsp3) is 0.350. The van der Waals surface area contributed by atoms with Gasteiger partial charge in [-0.25, -0.2) is 4.68 Å². The highest BCUT2D eigenvalue weighted by atomic mass is 32.1. The molecule has 26 heavy (non-hydrogen) atoms. The van der Waals surface area contributed by atoms with Crippen LogP contribution in [-0.4, -0.2) is 29.5 Å². The van der Waals surface area contributed by atoms with E-state index in [0.717, 1.165) is 41.7 Å². The number of hydrogen-bond acceptors (Lipinski definition) is 5. The Morgan fingerprint density at radius 2 is 2.00 bits per heavy atom. The zero-order valence-corrected chi connectivity index (χ0v) is 15.6. The number of aryl methyl sites for hydroxylation is 1. The molecular weight excluding hydrogens is 346 g/mol. The smallest absolute Gasteiger partial charge is 0.163 e. The summed E-state index contributed by atoms with van der Waals surface area (Å²) < 4.78 is 13.5. The summed E-state index contributed by atoms with van der Waals surface area (Å²) in [6.45, 7) is 4.31. The second-order valence-corrected chi connectivity index (χ2v) is 7.70. The summed E-state index contributed by atoms with van der Waals surface area (Å²) in [4.78, 5) is 1.23. The number of benzene rings is 1. The molecule has 5 rings (SSSR count). The third-order valence-electron chi connectivity index (χ3n) is 4.86. The minimum absolute atomic E-state index is 0.589. The first kappa shape index (κ1) is 15.8. The Balaban J connectivity index is 1.66. The van der Waals surface area contributed by atoms with Crippen molar-refractivity contribution in [3.8, 4) is 27.8 Å². The van der Waals surface area contributed by atoms with Gasteiger partial charge >= 0.3 is 0 Å². The third-order valence-corrected chi connectivity index (χ3v) is 5.92. The lowest BCUT2D eigenvalue weighted by atomic mass is 10.1. The van der Waals surface area contributed by atoms with Crippen LogP contribution in [-0.2, 0) is 6.42 Å². The minimum Gasteiger partial charge on any atom is -0.486 e. The average molecular weight is 367 g/mol. The SMILES string of the molecule is Cc1csc(-c2nn(-c3ccc4c(c3)OCCO4)c3c2CCCCN3)c1. The Hall–Kier alpha value is -2.47. The molecule has 0 atom stereocenters. The quantitative estimate of drug-likeness (QED) is 0.728. The molecule has 0 saturated heterocycles. The van der Waals surface area contributed by atoms with Crippen LogP contribution in [0.4, 0.5) is 5.82 Å². The maximum Gasteiger partial charge on any atom is 0.163 e. The van der Waals surface area contributed by atoms with Gasteiger partial charge in [0.15, 0.2) is 11.5 Å². The molecule has 4 heterocycles. The molecule has 0 radical (unpaired) electrons. The molecule has 134 valence electrons. The Labute approximate surface area is 156 Å². The normalized spacial score (nSPS) is 15.9. The van der Waals surface area contributed by atoms with E-state index in [4.69, 9.17) is 14.6 Å². The third kappa shape index (κ3) is 2.65. The van der Waals surface area contributed by atoms with Gasteiger partial charge in [0, 0.05) is 18.2 Å². The lowest BCUT2D eigenvalue weighted by Gasteiger charge is -2.19. The van der Waals surface area contributed by atoms with Crippen LogP contribution in [0.25, 0.3) is 16.3 Å². The molecule has 0 spiro atoms. The van der Waals surface area contributed by atoms with Crippen LogP contribution in [0.1, 0.15) is 24.0 Å². The number of hydrogen-bond donors (Lipinski definition) is 1. The molecule has 5 nitrogen and oxygen atoms in total. The molecule has 1 N–H and O–H groups in total. The number of rotatable bonds is 2. The molecule has 0 aliphatic carbocycles. The predicted octanol–water partition coefficient (Wildman–Crippen LogP) is 4.43. The van der Waals surface area contributed by atoms with Crippen LogP contribution in [0.3, 0.4) is 0 Å². The fourth-order valence-corrected chi connectivity index (χ4v) is 4.52. The van der Waals surface area contributed by atoms with Gasteiger partial charge in [0.2, 0.25) is 0 Å². The maximum atomic E-state index is 5.76. The topological polar surface area (TPSA) is 48.3 Å². The molecule has 2 aliphatic rings. The second-order valence-electron chi connectivity index (χ2n) is 6.79.